The average molecular weight is 441 g/mol. The number of carbonyl (C=O) groups excluding carboxylic acids is 1. The normalized spacial score (nSPS) is 11.1. The van der Waals surface area contributed by atoms with E-state index in [4.69, 9.17) is 5.11 Å². The SMILES string of the molecule is Cc1cc(F)cc(C)c1NC(=O)CN(CCCCCCCS)CCCCCC(=O)O. The number of carbonyl (C=O) groups is 2. The molecule has 0 saturated heterocycles. The zero-order valence-corrected chi connectivity index (χ0v) is 19.3. The van der Waals surface area contributed by atoms with Gasteiger partial charge in [-0.25, -0.2) is 4.39 Å². The summed E-state index contributed by atoms with van der Waals surface area (Å²) < 4.78 is 13.5. The number of anilines is 1. The monoisotopic (exact) mass is 440 g/mol. The van der Waals surface area contributed by atoms with Gasteiger partial charge in [0.1, 0.15) is 5.82 Å². The van der Waals surface area contributed by atoms with Crippen molar-refractivity contribution in [2.24, 2.45) is 0 Å². The molecule has 2 N–H and O–H groups in total. The summed E-state index contributed by atoms with van der Waals surface area (Å²) in [4.78, 5) is 25.4. The van der Waals surface area contributed by atoms with E-state index in [1.807, 2.05) is 0 Å². The highest BCUT2D eigenvalue weighted by Crippen LogP contribution is 2.21. The second kappa shape index (κ2) is 15.2. The van der Waals surface area contributed by atoms with E-state index >= 15 is 0 Å². The number of thiol groups is 1. The van der Waals surface area contributed by atoms with Crippen LogP contribution in [0.3, 0.4) is 0 Å². The van der Waals surface area contributed by atoms with Crippen molar-refractivity contribution in [3.8, 4) is 0 Å². The summed E-state index contributed by atoms with van der Waals surface area (Å²) in [6.07, 6.45) is 8.20. The van der Waals surface area contributed by atoms with Crippen LogP contribution in [-0.2, 0) is 9.59 Å². The van der Waals surface area contributed by atoms with Gasteiger partial charge in [-0.15, -0.1) is 0 Å². The number of carboxylic acids is 1. The van der Waals surface area contributed by atoms with Gasteiger partial charge in [-0.3, -0.25) is 14.5 Å². The van der Waals surface area contributed by atoms with Gasteiger partial charge in [0.05, 0.1) is 6.54 Å². The number of unbranched alkanes of at least 4 members (excludes halogenated alkanes) is 6. The molecule has 1 aromatic carbocycles. The van der Waals surface area contributed by atoms with E-state index < -0.39 is 5.97 Å². The molecule has 0 atom stereocenters. The molecule has 30 heavy (non-hydrogen) atoms. The number of halogens is 1. The largest absolute Gasteiger partial charge is 0.481 e. The van der Waals surface area contributed by atoms with E-state index in [0.29, 0.717) is 23.2 Å². The van der Waals surface area contributed by atoms with Crippen LogP contribution in [0.1, 0.15) is 68.9 Å². The molecule has 1 rings (SSSR count). The Labute approximate surface area is 185 Å². The van der Waals surface area contributed by atoms with Crippen LogP contribution in [0.25, 0.3) is 0 Å². The minimum absolute atomic E-state index is 0.103. The van der Waals surface area contributed by atoms with Crippen molar-refractivity contribution in [2.45, 2.75) is 71.6 Å². The Balaban J connectivity index is 2.54. The Morgan fingerprint density at radius 1 is 0.967 bits per heavy atom. The molecule has 0 radical (unpaired) electrons. The van der Waals surface area contributed by atoms with Crippen LogP contribution >= 0.6 is 12.6 Å². The minimum atomic E-state index is -0.766. The fourth-order valence-electron chi connectivity index (χ4n) is 3.53. The lowest BCUT2D eigenvalue weighted by Gasteiger charge is -2.22. The maximum Gasteiger partial charge on any atom is 0.303 e. The van der Waals surface area contributed by atoms with Crippen molar-refractivity contribution >= 4 is 30.2 Å². The lowest BCUT2D eigenvalue weighted by molar-refractivity contribution is -0.137. The molecule has 1 amide bonds. The molecule has 0 bridgehead atoms. The maximum atomic E-state index is 13.5. The molecule has 0 saturated carbocycles. The first kappa shape index (κ1) is 26.4. The summed E-state index contributed by atoms with van der Waals surface area (Å²) in [7, 11) is 0. The van der Waals surface area contributed by atoms with Crippen molar-refractivity contribution < 1.29 is 19.1 Å². The highest BCUT2D eigenvalue weighted by molar-refractivity contribution is 7.80. The summed E-state index contributed by atoms with van der Waals surface area (Å²) >= 11 is 4.23. The van der Waals surface area contributed by atoms with Gasteiger partial charge in [-0.1, -0.05) is 25.7 Å². The Morgan fingerprint density at radius 2 is 1.50 bits per heavy atom. The predicted octanol–water partition coefficient (Wildman–Crippen LogP) is 5.21. The summed E-state index contributed by atoms with van der Waals surface area (Å²) in [6, 6.07) is 2.85. The summed E-state index contributed by atoms with van der Waals surface area (Å²) in [5.74, 6) is -0.250. The Bertz CT molecular complexity index is 647. The summed E-state index contributed by atoms with van der Waals surface area (Å²) in [5.41, 5.74) is 2.10. The number of hydrogen-bond acceptors (Lipinski definition) is 4. The summed E-state index contributed by atoms with van der Waals surface area (Å²) in [6.45, 7) is 5.47. The van der Waals surface area contributed by atoms with Gasteiger partial charge in [0, 0.05) is 12.1 Å². The zero-order valence-electron chi connectivity index (χ0n) is 18.4. The van der Waals surface area contributed by atoms with Gasteiger partial charge in [-0.2, -0.15) is 12.6 Å². The van der Waals surface area contributed by atoms with Crippen molar-refractivity contribution in [1.82, 2.24) is 4.90 Å². The van der Waals surface area contributed by atoms with Crippen molar-refractivity contribution in [3.05, 3.63) is 29.1 Å². The fraction of sp³-hybridized carbons (Fsp3) is 0.652. The molecule has 1 aromatic rings. The predicted molar refractivity (Wildman–Crippen MR) is 124 cm³/mol. The third-order valence-electron chi connectivity index (χ3n) is 5.13. The topological polar surface area (TPSA) is 69.6 Å². The molecule has 0 spiro atoms. The van der Waals surface area contributed by atoms with E-state index in [1.165, 1.54) is 25.0 Å². The number of amides is 1. The smallest absolute Gasteiger partial charge is 0.303 e. The van der Waals surface area contributed by atoms with Crippen LogP contribution in [0.5, 0.6) is 0 Å². The molecule has 7 heteroatoms. The van der Waals surface area contributed by atoms with Gasteiger partial charge < -0.3 is 10.4 Å². The lowest BCUT2D eigenvalue weighted by Crippen LogP contribution is -2.35. The number of hydrogen-bond donors (Lipinski definition) is 3. The van der Waals surface area contributed by atoms with E-state index in [0.717, 1.165) is 50.9 Å². The number of aliphatic carboxylic acids is 1. The van der Waals surface area contributed by atoms with E-state index in [1.54, 1.807) is 13.8 Å². The van der Waals surface area contributed by atoms with Gasteiger partial charge in [0.15, 0.2) is 0 Å². The molecular weight excluding hydrogens is 403 g/mol. The molecule has 0 aliphatic heterocycles. The first-order valence-corrected chi connectivity index (χ1v) is 11.6. The van der Waals surface area contributed by atoms with E-state index in [2.05, 4.69) is 22.8 Å². The number of aryl methyl sites for hydroxylation is 2. The lowest BCUT2D eigenvalue weighted by atomic mass is 10.1. The standard InChI is InChI=1S/C23H37FN2O3S/c1-18-15-20(24)16-19(2)23(18)25-21(27)17-26(12-8-4-3-5-10-14-30)13-9-6-7-11-22(28)29/h15-16,30H,3-14,17H2,1-2H3,(H,25,27)(H,28,29). The maximum absolute atomic E-state index is 13.5. The number of rotatable bonds is 16. The Morgan fingerprint density at radius 3 is 2.07 bits per heavy atom. The Kier molecular flexibility index (Phi) is 13.4. The molecule has 170 valence electrons. The molecule has 0 aromatic heterocycles. The number of nitrogens with zero attached hydrogens (tertiary/aromatic N) is 1. The molecule has 0 aliphatic rings. The van der Waals surface area contributed by atoms with Crippen LogP contribution in [0.4, 0.5) is 10.1 Å². The van der Waals surface area contributed by atoms with Gasteiger partial charge >= 0.3 is 5.97 Å². The highest BCUT2D eigenvalue weighted by Gasteiger charge is 2.14. The van der Waals surface area contributed by atoms with Crippen LogP contribution < -0.4 is 5.32 Å². The first-order valence-electron chi connectivity index (χ1n) is 10.9. The Hall–Kier alpha value is -1.60. The minimum Gasteiger partial charge on any atom is -0.481 e. The quantitative estimate of drug-likeness (QED) is 0.244. The van der Waals surface area contributed by atoms with Crippen LogP contribution in [0.15, 0.2) is 12.1 Å². The number of benzene rings is 1. The molecule has 0 unspecified atom stereocenters. The number of nitrogens with one attached hydrogen (secondary N) is 1. The molecule has 0 fully saturated rings. The van der Waals surface area contributed by atoms with Crippen molar-refractivity contribution in [3.63, 3.8) is 0 Å². The van der Waals surface area contributed by atoms with Crippen LogP contribution in [0, 0.1) is 19.7 Å². The number of carboxylic acid groups (broad SMARTS) is 1. The molecule has 5 nitrogen and oxygen atoms in total. The molecular formula is C23H37FN2O3S. The second-order valence-electron chi connectivity index (χ2n) is 7.93. The molecule has 0 aliphatic carbocycles. The third kappa shape index (κ3) is 11.6. The van der Waals surface area contributed by atoms with Gasteiger partial charge in [0.25, 0.3) is 0 Å². The van der Waals surface area contributed by atoms with Crippen LogP contribution in [0.2, 0.25) is 0 Å². The van der Waals surface area contributed by atoms with E-state index in [9.17, 15) is 14.0 Å². The third-order valence-corrected chi connectivity index (χ3v) is 5.44. The summed E-state index contributed by atoms with van der Waals surface area (Å²) in [5, 5.41) is 11.7. The highest BCUT2D eigenvalue weighted by atomic mass is 32.1. The van der Waals surface area contributed by atoms with Gasteiger partial charge in [-0.05, 0) is 81.6 Å². The fourth-order valence-corrected chi connectivity index (χ4v) is 3.75. The van der Waals surface area contributed by atoms with E-state index in [-0.39, 0.29) is 24.7 Å². The average Bonchev–Trinajstić information content (AvgIpc) is 2.66. The van der Waals surface area contributed by atoms with Crippen molar-refractivity contribution in [1.29, 1.82) is 0 Å². The first-order chi connectivity index (χ1) is 14.3. The molecule has 0 heterocycles. The zero-order chi connectivity index (χ0) is 22.4. The van der Waals surface area contributed by atoms with Gasteiger partial charge in [0.2, 0.25) is 5.91 Å². The second-order valence-corrected chi connectivity index (χ2v) is 8.38. The van der Waals surface area contributed by atoms with Crippen LogP contribution in [-0.4, -0.2) is 47.3 Å². The van der Waals surface area contributed by atoms with Crippen molar-refractivity contribution in [2.75, 3.05) is 30.7 Å².